The first-order valence-corrected chi connectivity index (χ1v) is 11.6. The van der Waals surface area contributed by atoms with E-state index in [0.717, 1.165) is 29.2 Å². The summed E-state index contributed by atoms with van der Waals surface area (Å²) in [6.07, 6.45) is 4.87. The molecule has 4 aromatic rings. The van der Waals surface area contributed by atoms with E-state index in [0.29, 0.717) is 37.0 Å². The largest absolute Gasteiger partial charge is 0.490 e. The van der Waals surface area contributed by atoms with Crippen LogP contribution in [0.1, 0.15) is 28.8 Å². The fourth-order valence-corrected chi connectivity index (χ4v) is 4.09. The molecule has 6 nitrogen and oxygen atoms in total. The first kappa shape index (κ1) is 22.8. The molecule has 1 aliphatic rings. The minimum absolute atomic E-state index is 0.0508. The molecule has 1 amide bonds. The third-order valence-electron chi connectivity index (χ3n) is 5.88. The summed E-state index contributed by atoms with van der Waals surface area (Å²) in [5.41, 5.74) is 1.80. The summed E-state index contributed by atoms with van der Waals surface area (Å²) < 4.78 is 31.6. The molecule has 0 bridgehead atoms. The summed E-state index contributed by atoms with van der Waals surface area (Å²) in [6.45, 7) is 1.63. The fraction of sp³-hybridized carbons (Fsp3) is 0.214. The van der Waals surface area contributed by atoms with Gasteiger partial charge in [-0.3, -0.25) is 9.78 Å². The molecule has 0 atom stereocenters. The summed E-state index contributed by atoms with van der Waals surface area (Å²) >= 11 is 0. The van der Waals surface area contributed by atoms with Gasteiger partial charge in [0, 0.05) is 53.3 Å². The number of pyridine rings is 1. The molecular formula is C28H25FN2O4. The lowest BCUT2D eigenvalue weighted by atomic mass is 10.1. The Morgan fingerprint density at radius 1 is 1.00 bits per heavy atom. The lowest BCUT2D eigenvalue weighted by Gasteiger charge is -2.23. The smallest absolute Gasteiger partial charge is 0.255 e. The van der Waals surface area contributed by atoms with E-state index in [1.54, 1.807) is 24.5 Å². The molecule has 178 valence electrons. The third-order valence-corrected chi connectivity index (χ3v) is 5.88. The van der Waals surface area contributed by atoms with Gasteiger partial charge in [-0.25, -0.2) is 4.39 Å². The molecule has 2 heterocycles. The van der Waals surface area contributed by atoms with Crippen molar-refractivity contribution in [3.63, 3.8) is 0 Å². The molecule has 5 rings (SSSR count). The number of anilines is 1. The van der Waals surface area contributed by atoms with Gasteiger partial charge < -0.3 is 19.5 Å². The van der Waals surface area contributed by atoms with Gasteiger partial charge in [-0.1, -0.05) is 24.3 Å². The van der Waals surface area contributed by atoms with E-state index in [1.165, 1.54) is 12.1 Å². The standard InChI is InChI=1S/C28H25FN2O4/c29-21-15-20(16-23(17-21)35-22-9-13-33-14-10-22)28(32)31-26-5-6-27(25-4-2-1-3-24(25)26)34-18-19-7-11-30-12-8-19/h1-8,11-12,15-17,22H,9-10,13-14,18H2,(H,31,32). The molecule has 0 saturated carbocycles. The first-order valence-electron chi connectivity index (χ1n) is 11.6. The molecule has 0 aliphatic carbocycles. The maximum absolute atomic E-state index is 14.3. The minimum Gasteiger partial charge on any atom is -0.490 e. The zero-order valence-electron chi connectivity index (χ0n) is 19.1. The topological polar surface area (TPSA) is 69.7 Å². The normalized spacial score (nSPS) is 14.0. The van der Waals surface area contributed by atoms with E-state index in [-0.39, 0.29) is 11.7 Å². The van der Waals surface area contributed by atoms with E-state index >= 15 is 0 Å². The molecule has 0 spiro atoms. The molecular weight excluding hydrogens is 447 g/mol. The first-order chi connectivity index (χ1) is 17.2. The number of carbonyl (C=O) groups is 1. The Morgan fingerprint density at radius 3 is 2.57 bits per heavy atom. The van der Waals surface area contributed by atoms with E-state index in [2.05, 4.69) is 10.3 Å². The second kappa shape index (κ2) is 10.5. The molecule has 3 aromatic carbocycles. The number of ether oxygens (including phenoxy) is 3. The molecule has 1 N–H and O–H groups in total. The molecule has 1 saturated heterocycles. The van der Waals surface area contributed by atoms with E-state index in [1.807, 2.05) is 42.5 Å². The number of halogens is 1. The number of aromatic nitrogens is 1. The van der Waals surface area contributed by atoms with Gasteiger partial charge in [0.1, 0.15) is 30.0 Å². The van der Waals surface area contributed by atoms with Crippen LogP contribution in [0.25, 0.3) is 10.8 Å². The van der Waals surface area contributed by atoms with Crippen molar-refractivity contribution < 1.29 is 23.4 Å². The van der Waals surface area contributed by atoms with Crippen molar-refractivity contribution in [2.24, 2.45) is 0 Å². The monoisotopic (exact) mass is 472 g/mol. The zero-order chi connectivity index (χ0) is 24.0. The molecule has 1 aromatic heterocycles. The molecule has 1 aliphatic heterocycles. The lowest BCUT2D eigenvalue weighted by Crippen LogP contribution is -2.26. The highest BCUT2D eigenvalue weighted by Gasteiger charge is 2.18. The van der Waals surface area contributed by atoms with Crippen molar-refractivity contribution in [1.29, 1.82) is 0 Å². The Morgan fingerprint density at radius 2 is 1.77 bits per heavy atom. The van der Waals surface area contributed by atoms with Crippen molar-refractivity contribution in [3.8, 4) is 11.5 Å². The van der Waals surface area contributed by atoms with Crippen molar-refractivity contribution in [2.75, 3.05) is 18.5 Å². The highest BCUT2D eigenvalue weighted by molar-refractivity contribution is 6.10. The Bertz CT molecular complexity index is 1320. The Labute approximate surface area is 202 Å². The van der Waals surface area contributed by atoms with Gasteiger partial charge in [-0.15, -0.1) is 0 Å². The highest BCUT2D eigenvalue weighted by atomic mass is 19.1. The van der Waals surface area contributed by atoms with Crippen molar-refractivity contribution in [2.45, 2.75) is 25.6 Å². The summed E-state index contributed by atoms with van der Waals surface area (Å²) in [6, 6.07) is 19.2. The highest BCUT2D eigenvalue weighted by Crippen LogP contribution is 2.32. The van der Waals surface area contributed by atoms with Crippen LogP contribution in [0.2, 0.25) is 0 Å². The van der Waals surface area contributed by atoms with Crippen molar-refractivity contribution >= 4 is 22.4 Å². The van der Waals surface area contributed by atoms with Gasteiger partial charge in [0.25, 0.3) is 5.91 Å². The average Bonchev–Trinajstić information content (AvgIpc) is 2.89. The summed E-state index contributed by atoms with van der Waals surface area (Å²) in [5.74, 6) is 0.0986. The van der Waals surface area contributed by atoms with E-state index < -0.39 is 11.7 Å². The molecule has 1 fully saturated rings. The molecule has 0 unspecified atom stereocenters. The summed E-state index contributed by atoms with van der Waals surface area (Å²) in [4.78, 5) is 17.1. The van der Waals surface area contributed by atoms with Gasteiger partial charge in [0.05, 0.1) is 13.2 Å². The van der Waals surface area contributed by atoms with Crippen LogP contribution in [0.4, 0.5) is 10.1 Å². The van der Waals surface area contributed by atoms with E-state index in [9.17, 15) is 9.18 Å². The fourth-order valence-electron chi connectivity index (χ4n) is 4.09. The number of benzene rings is 3. The van der Waals surface area contributed by atoms with Crippen molar-refractivity contribution in [3.05, 3.63) is 96.1 Å². The van der Waals surface area contributed by atoms with Crippen LogP contribution in [0.5, 0.6) is 11.5 Å². The second-order valence-corrected chi connectivity index (χ2v) is 8.36. The van der Waals surface area contributed by atoms with Crippen LogP contribution in [0.3, 0.4) is 0 Å². The van der Waals surface area contributed by atoms with Crippen LogP contribution in [-0.4, -0.2) is 30.2 Å². The Hall–Kier alpha value is -3.97. The van der Waals surface area contributed by atoms with Gasteiger partial charge in [-0.05, 0) is 42.0 Å². The lowest BCUT2D eigenvalue weighted by molar-refractivity contribution is 0.0254. The summed E-state index contributed by atoms with van der Waals surface area (Å²) in [5, 5.41) is 4.60. The maximum atomic E-state index is 14.3. The zero-order valence-corrected chi connectivity index (χ0v) is 19.1. The van der Waals surface area contributed by atoms with Gasteiger partial charge >= 0.3 is 0 Å². The average molecular weight is 473 g/mol. The van der Waals surface area contributed by atoms with E-state index in [4.69, 9.17) is 14.2 Å². The van der Waals surface area contributed by atoms with Crippen LogP contribution >= 0.6 is 0 Å². The van der Waals surface area contributed by atoms with Crippen LogP contribution in [-0.2, 0) is 11.3 Å². The Balaban J connectivity index is 1.35. The number of hydrogen-bond donors (Lipinski definition) is 1. The third kappa shape index (κ3) is 5.58. The number of rotatable bonds is 7. The number of hydrogen-bond acceptors (Lipinski definition) is 5. The number of amides is 1. The SMILES string of the molecule is O=C(Nc1ccc(OCc2ccncc2)c2ccccc12)c1cc(F)cc(OC2CCOCC2)c1. The summed E-state index contributed by atoms with van der Waals surface area (Å²) in [7, 11) is 0. The predicted molar refractivity (Wildman–Crippen MR) is 131 cm³/mol. The molecule has 0 radical (unpaired) electrons. The predicted octanol–water partition coefficient (Wildman–Crippen LogP) is 5.76. The second-order valence-electron chi connectivity index (χ2n) is 8.36. The van der Waals surface area contributed by atoms with Crippen LogP contribution < -0.4 is 14.8 Å². The van der Waals surface area contributed by atoms with Crippen LogP contribution in [0, 0.1) is 5.82 Å². The number of nitrogens with zero attached hydrogens (tertiary/aromatic N) is 1. The molecule has 35 heavy (non-hydrogen) atoms. The minimum atomic E-state index is -0.524. The van der Waals surface area contributed by atoms with Crippen molar-refractivity contribution in [1.82, 2.24) is 4.98 Å². The van der Waals surface area contributed by atoms with Crippen LogP contribution in [0.15, 0.2) is 79.1 Å². The number of nitrogens with one attached hydrogen (secondary N) is 1. The van der Waals surface area contributed by atoms with Gasteiger partial charge in [0.15, 0.2) is 0 Å². The number of carbonyl (C=O) groups excluding carboxylic acids is 1. The molecule has 7 heteroatoms. The van der Waals surface area contributed by atoms with Gasteiger partial charge in [0.2, 0.25) is 0 Å². The number of fused-ring (bicyclic) bond motifs is 1. The Kier molecular flexibility index (Phi) is 6.86. The quantitative estimate of drug-likeness (QED) is 0.370. The maximum Gasteiger partial charge on any atom is 0.255 e. The van der Waals surface area contributed by atoms with Gasteiger partial charge in [-0.2, -0.15) is 0 Å².